The van der Waals surface area contributed by atoms with Crippen molar-refractivity contribution in [1.29, 1.82) is 0 Å². The Kier molecular flexibility index (Phi) is 2.34. The molecule has 1 atom stereocenters. The standard InChI is InChI=1S/C7H12S/c1-2-5-8-6-3-4-7-8/h2,6H,1,3-5,7H2. The van der Waals surface area contributed by atoms with Crippen LogP contribution in [0.1, 0.15) is 12.8 Å². The molecule has 0 saturated carbocycles. The van der Waals surface area contributed by atoms with Crippen LogP contribution in [-0.2, 0) is 0 Å². The molecule has 0 aliphatic carbocycles. The molecule has 1 aliphatic rings. The summed E-state index contributed by atoms with van der Waals surface area (Å²) < 4.78 is 0. The highest BCUT2D eigenvalue weighted by Crippen LogP contribution is 2.20. The van der Waals surface area contributed by atoms with Crippen molar-refractivity contribution in [1.82, 2.24) is 0 Å². The normalized spacial score (nSPS) is 27.2. The van der Waals surface area contributed by atoms with E-state index in [2.05, 4.69) is 11.9 Å². The van der Waals surface area contributed by atoms with Gasteiger partial charge in [-0.3, -0.25) is 0 Å². The van der Waals surface area contributed by atoms with Crippen LogP contribution >= 0.6 is 10.5 Å². The van der Waals surface area contributed by atoms with Crippen LogP contribution in [0.5, 0.6) is 0 Å². The minimum Gasteiger partial charge on any atom is -0.186 e. The molecule has 0 fully saturated rings. The zero-order valence-electron chi connectivity index (χ0n) is 5.10. The molecule has 1 unspecified atom stereocenters. The number of hydrogen-bond donors (Lipinski definition) is 0. The van der Waals surface area contributed by atoms with Gasteiger partial charge in [0.2, 0.25) is 0 Å². The molecule has 0 spiro atoms. The third kappa shape index (κ3) is 1.48. The van der Waals surface area contributed by atoms with Gasteiger partial charge >= 0.3 is 0 Å². The van der Waals surface area contributed by atoms with Crippen LogP contribution in [0, 0.1) is 0 Å². The van der Waals surface area contributed by atoms with Crippen LogP contribution in [-0.4, -0.2) is 16.9 Å². The monoisotopic (exact) mass is 128 g/mol. The molecule has 0 aromatic carbocycles. The maximum absolute atomic E-state index is 3.71. The van der Waals surface area contributed by atoms with Crippen molar-refractivity contribution in [3.05, 3.63) is 12.7 Å². The van der Waals surface area contributed by atoms with Crippen molar-refractivity contribution in [2.45, 2.75) is 12.8 Å². The Balaban J connectivity index is 2.33. The van der Waals surface area contributed by atoms with Crippen molar-refractivity contribution in [3.8, 4) is 0 Å². The van der Waals surface area contributed by atoms with E-state index in [1.807, 2.05) is 6.08 Å². The molecule has 0 amide bonds. The average molecular weight is 128 g/mol. The topological polar surface area (TPSA) is 0 Å². The first-order valence-electron chi connectivity index (χ1n) is 3.04. The van der Waals surface area contributed by atoms with Gasteiger partial charge in [-0.15, -0.1) is 6.58 Å². The Morgan fingerprint density at radius 2 is 2.62 bits per heavy atom. The van der Waals surface area contributed by atoms with E-state index < -0.39 is 0 Å². The van der Waals surface area contributed by atoms with Gasteiger partial charge in [0.1, 0.15) is 0 Å². The lowest BCUT2D eigenvalue weighted by Gasteiger charge is -1.93. The first-order chi connectivity index (χ1) is 3.93. The van der Waals surface area contributed by atoms with E-state index in [4.69, 9.17) is 0 Å². The molecule has 0 nitrogen and oxygen atoms in total. The lowest BCUT2D eigenvalue weighted by molar-refractivity contribution is 1.05. The Morgan fingerprint density at radius 1 is 1.75 bits per heavy atom. The van der Waals surface area contributed by atoms with Crippen molar-refractivity contribution in [2.75, 3.05) is 11.5 Å². The first-order valence-corrected chi connectivity index (χ1v) is 4.66. The zero-order chi connectivity index (χ0) is 5.82. The lowest BCUT2D eigenvalue weighted by atomic mass is 10.4. The second-order valence-electron chi connectivity index (χ2n) is 2.01. The third-order valence-electron chi connectivity index (χ3n) is 1.30. The van der Waals surface area contributed by atoms with E-state index in [0.29, 0.717) is 10.5 Å². The predicted octanol–water partition coefficient (Wildman–Crippen LogP) is 2.04. The minimum absolute atomic E-state index is 0.630. The zero-order valence-corrected chi connectivity index (χ0v) is 5.91. The van der Waals surface area contributed by atoms with Crippen molar-refractivity contribution in [3.63, 3.8) is 0 Å². The van der Waals surface area contributed by atoms with Crippen LogP contribution in [0.25, 0.3) is 0 Å². The first kappa shape index (κ1) is 6.09. The lowest BCUT2D eigenvalue weighted by Crippen LogP contribution is -1.75. The second-order valence-corrected chi connectivity index (χ2v) is 4.16. The SMILES string of the molecule is C=CCS1=CCCC1. The summed E-state index contributed by atoms with van der Waals surface area (Å²) in [7, 11) is 0.630. The molecule has 8 heavy (non-hydrogen) atoms. The molecule has 0 bridgehead atoms. The summed E-state index contributed by atoms with van der Waals surface area (Å²) >= 11 is 0. The van der Waals surface area contributed by atoms with Crippen molar-refractivity contribution < 1.29 is 0 Å². The quantitative estimate of drug-likeness (QED) is 0.394. The predicted molar refractivity (Wildman–Crippen MR) is 42.8 cm³/mol. The highest BCUT2D eigenvalue weighted by atomic mass is 32.2. The fourth-order valence-electron chi connectivity index (χ4n) is 0.905. The Hall–Kier alpha value is -0.0400. The van der Waals surface area contributed by atoms with Gasteiger partial charge in [-0.25, -0.2) is 0 Å². The van der Waals surface area contributed by atoms with E-state index in [9.17, 15) is 0 Å². The highest BCUT2D eigenvalue weighted by molar-refractivity contribution is 8.15. The Bertz CT molecular complexity index is 114. The molecule has 46 valence electrons. The van der Waals surface area contributed by atoms with Gasteiger partial charge in [0.25, 0.3) is 0 Å². The highest BCUT2D eigenvalue weighted by Gasteiger charge is 1.98. The van der Waals surface area contributed by atoms with Crippen LogP contribution in [0.15, 0.2) is 12.7 Å². The van der Waals surface area contributed by atoms with Gasteiger partial charge in [0.15, 0.2) is 0 Å². The second kappa shape index (κ2) is 3.08. The van der Waals surface area contributed by atoms with Crippen LogP contribution in [0.3, 0.4) is 0 Å². The summed E-state index contributed by atoms with van der Waals surface area (Å²) in [6, 6.07) is 0. The molecule has 0 radical (unpaired) electrons. The molecule has 1 heterocycles. The largest absolute Gasteiger partial charge is 0.186 e. The Labute approximate surface area is 53.5 Å². The van der Waals surface area contributed by atoms with E-state index in [0.717, 1.165) is 0 Å². The summed E-state index contributed by atoms with van der Waals surface area (Å²) in [5, 5.41) is 2.45. The van der Waals surface area contributed by atoms with E-state index in [-0.39, 0.29) is 0 Å². The van der Waals surface area contributed by atoms with Gasteiger partial charge in [0, 0.05) is 5.75 Å². The van der Waals surface area contributed by atoms with Gasteiger partial charge < -0.3 is 0 Å². The van der Waals surface area contributed by atoms with Gasteiger partial charge in [-0.05, 0) is 18.6 Å². The number of rotatable bonds is 2. The van der Waals surface area contributed by atoms with Gasteiger partial charge in [-0.1, -0.05) is 11.4 Å². The summed E-state index contributed by atoms with van der Waals surface area (Å²) in [5.41, 5.74) is 0. The minimum atomic E-state index is 0.630. The molecule has 1 heteroatoms. The van der Waals surface area contributed by atoms with Crippen LogP contribution in [0.4, 0.5) is 0 Å². The summed E-state index contributed by atoms with van der Waals surface area (Å²) in [4.78, 5) is 0. The fraction of sp³-hybridized carbons (Fsp3) is 0.571. The molecule has 1 rings (SSSR count). The maximum Gasteiger partial charge on any atom is 0.00575 e. The summed E-state index contributed by atoms with van der Waals surface area (Å²) in [6.45, 7) is 3.71. The maximum atomic E-state index is 3.71. The number of hydrogen-bond acceptors (Lipinski definition) is 0. The van der Waals surface area contributed by atoms with Gasteiger partial charge in [0.05, 0.1) is 0 Å². The Morgan fingerprint density at radius 3 is 3.12 bits per heavy atom. The molecular formula is C7H12S. The average Bonchev–Trinajstić information content (AvgIpc) is 2.19. The van der Waals surface area contributed by atoms with Gasteiger partial charge in [-0.2, -0.15) is 10.5 Å². The molecule has 0 aromatic heterocycles. The summed E-state index contributed by atoms with van der Waals surface area (Å²) in [6.07, 6.45) is 4.79. The van der Waals surface area contributed by atoms with E-state index >= 15 is 0 Å². The molecule has 0 N–H and O–H groups in total. The summed E-state index contributed by atoms with van der Waals surface area (Å²) in [5.74, 6) is 2.64. The van der Waals surface area contributed by atoms with Crippen molar-refractivity contribution in [2.24, 2.45) is 0 Å². The van der Waals surface area contributed by atoms with E-state index in [1.54, 1.807) is 0 Å². The fourth-order valence-corrected chi connectivity index (χ4v) is 2.71. The van der Waals surface area contributed by atoms with Crippen molar-refractivity contribution >= 4 is 15.9 Å². The third-order valence-corrected chi connectivity index (χ3v) is 3.48. The van der Waals surface area contributed by atoms with Crippen LogP contribution < -0.4 is 0 Å². The molecule has 0 saturated heterocycles. The molecular weight excluding hydrogens is 116 g/mol. The smallest absolute Gasteiger partial charge is 0.00575 e. The molecule has 0 aromatic rings. The van der Waals surface area contributed by atoms with E-state index in [1.165, 1.54) is 24.3 Å². The van der Waals surface area contributed by atoms with Crippen LogP contribution in [0.2, 0.25) is 0 Å². The molecule has 1 aliphatic heterocycles.